The highest BCUT2D eigenvalue weighted by Gasteiger charge is 2.27. The maximum atomic E-state index is 12.3. The lowest BCUT2D eigenvalue weighted by Crippen LogP contribution is -2.27. The van der Waals surface area contributed by atoms with Crippen LogP contribution in [0.25, 0.3) is 0 Å². The molecule has 2 rings (SSSR count). The number of nitrogens with zero attached hydrogens (tertiary/aromatic N) is 2. The van der Waals surface area contributed by atoms with Crippen LogP contribution in [-0.2, 0) is 14.8 Å². The molecule has 1 aliphatic rings. The molecule has 0 unspecified atom stereocenters. The number of aliphatic hydroxyl groups excluding tert-OH is 1. The van der Waals surface area contributed by atoms with Crippen molar-refractivity contribution in [2.45, 2.75) is 17.7 Å². The van der Waals surface area contributed by atoms with Gasteiger partial charge >= 0.3 is 0 Å². The Morgan fingerprint density at radius 1 is 1.29 bits per heavy atom. The molecule has 0 atom stereocenters. The summed E-state index contributed by atoms with van der Waals surface area (Å²) < 4.78 is 31.2. The van der Waals surface area contributed by atoms with E-state index in [9.17, 15) is 8.42 Å². The van der Waals surface area contributed by atoms with Gasteiger partial charge in [0.2, 0.25) is 10.0 Å². The van der Waals surface area contributed by atoms with E-state index in [-0.39, 0.29) is 11.5 Å². The van der Waals surface area contributed by atoms with Gasteiger partial charge in [0.1, 0.15) is 10.7 Å². The molecule has 8 heteroatoms. The number of nitrogens with one attached hydrogen (secondary N) is 1. The van der Waals surface area contributed by atoms with Crippen LogP contribution < -0.4 is 5.32 Å². The molecule has 2 N–H and O–H groups in total. The number of aliphatic hydroxyl groups is 1. The van der Waals surface area contributed by atoms with Crippen LogP contribution in [0.1, 0.15) is 12.8 Å². The molecule has 0 amide bonds. The minimum Gasteiger partial charge on any atom is -0.394 e. The van der Waals surface area contributed by atoms with E-state index in [1.54, 1.807) is 12.1 Å². The standard InChI is InChI=1S/C13H21N3O4S/c17-8-10-20-9-5-14-13-4-3-12(11-15-13)21(18,19)16-6-1-2-7-16/h3-4,11,17H,1-2,5-10H2,(H,14,15). The summed E-state index contributed by atoms with van der Waals surface area (Å²) in [6, 6.07) is 3.21. The maximum absolute atomic E-state index is 12.3. The lowest BCUT2D eigenvalue weighted by molar-refractivity contribution is 0.0992. The average Bonchev–Trinajstić information content (AvgIpc) is 3.02. The minimum absolute atomic E-state index is 0.00130. The second-order valence-electron chi connectivity index (χ2n) is 4.75. The monoisotopic (exact) mass is 315 g/mol. The Balaban J connectivity index is 1.89. The van der Waals surface area contributed by atoms with E-state index < -0.39 is 10.0 Å². The van der Waals surface area contributed by atoms with E-state index in [1.165, 1.54) is 10.5 Å². The van der Waals surface area contributed by atoms with Crippen LogP contribution in [-0.4, -0.2) is 62.3 Å². The molecular weight excluding hydrogens is 294 g/mol. The molecule has 7 nitrogen and oxygen atoms in total. The van der Waals surface area contributed by atoms with Gasteiger partial charge in [0, 0.05) is 25.8 Å². The van der Waals surface area contributed by atoms with Crippen LogP contribution in [0.4, 0.5) is 5.82 Å². The van der Waals surface area contributed by atoms with Crippen molar-refractivity contribution in [1.82, 2.24) is 9.29 Å². The molecule has 0 spiro atoms. The third kappa shape index (κ3) is 4.37. The van der Waals surface area contributed by atoms with Gasteiger partial charge in [-0.3, -0.25) is 0 Å². The Morgan fingerprint density at radius 2 is 2.05 bits per heavy atom. The largest absolute Gasteiger partial charge is 0.394 e. The van der Waals surface area contributed by atoms with E-state index in [0.29, 0.717) is 38.7 Å². The summed E-state index contributed by atoms with van der Waals surface area (Å²) >= 11 is 0. The van der Waals surface area contributed by atoms with E-state index in [1.807, 2.05) is 0 Å². The van der Waals surface area contributed by atoms with Gasteiger partial charge in [0.15, 0.2) is 0 Å². The van der Waals surface area contributed by atoms with Crippen LogP contribution in [0.2, 0.25) is 0 Å². The highest BCUT2D eigenvalue weighted by Crippen LogP contribution is 2.20. The summed E-state index contributed by atoms with van der Waals surface area (Å²) in [5.41, 5.74) is 0. The fourth-order valence-corrected chi connectivity index (χ4v) is 3.60. The van der Waals surface area contributed by atoms with Gasteiger partial charge in [-0.2, -0.15) is 4.31 Å². The van der Waals surface area contributed by atoms with Crippen molar-refractivity contribution in [3.63, 3.8) is 0 Å². The van der Waals surface area contributed by atoms with Crippen molar-refractivity contribution in [2.75, 3.05) is 44.8 Å². The second-order valence-corrected chi connectivity index (χ2v) is 6.69. The molecule has 0 radical (unpaired) electrons. The van der Waals surface area contributed by atoms with Gasteiger partial charge in [0.25, 0.3) is 0 Å². The SMILES string of the molecule is O=S(=O)(c1ccc(NCCOCCO)nc1)N1CCCC1. The van der Waals surface area contributed by atoms with Crippen molar-refractivity contribution >= 4 is 15.8 Å². The van der Waals surface area contributed by atoms with Gasteiger partial charge in [-0.15, -0.1) is 0 Å². The van der Waals surface area contributed by atoms with E-state index in [0.717, 1.165) is 12.8 Å². The minimum atomic E-state index is -3.40. The number of hydrogen-bond donors (Lipinski definition) is 2. The smallest absolute Gasteiger partial charge is 0.244 e. The lowest BCUT2D eigenvalue weighted by atomic mass is 10.4. The van der Waals surface area contributed by atoms with Gasteiger partial charge in [-0.25, -0.2) is 13.4 Å². The van der Waals surface area contributed by atoms with Crippen molar-refractivity contribution in [3.05, 3.63) is 18.3 Å². The summed E-state index contributed by atoms with van der Waals surface area (Å²) in [5.74, 6) is 0.600. The first-order valence-corrected chi connectivity index (χ1v) is 8.47. The highest BCUT2D eigenvalue weighted by molar-refractivity contribution is 7.89. The molecule has 0 aliphatic carbocycles. The zero-order valence-electron chi connectivity index (χ0n) is 11.9. The number of pyridine rings is 1. The Hall–Kier alpha value is -1.22. The van der Waals surface area contributed by atoms with Crippen molar-refractivity contribution in [1.29, 1.82) is 0 Å². The Bertz CT molecular complexity index is 527. The molecule has 21 heavy (non-hydrogen) atoms. The summed E-state index contributed by atoms with van der Waals surface area (Å²) in [7, 11) is -3.40. The highest BCUT2D eigenvalue weighted by atomic mass is 32.2. The van der Waals surface area contributed by atoms with Crippen LogP contribution in [0.3, 0.4) is 0 Å². The summed E-state index contributed by atoms with van der Waals surface area (Å²) in [5, 5.41) is 11.6. The van der Waals surface area contributed by atoms with E-state index >= 15 is 0 Å². The van der Waals surface area contributed by atoms with Gasteiger partial charge in [0.05, 0.1) is 19.8 Å². The molecule has 0 saturated carbocycles. The van der Waals surface area contributed by atoms with Crippen molar-refractivity contribution in [3.8, 4) is 0 Å². The Kier molecular flexibility index (Phi) is 5.92. The van der Waals surface area contributed by atoms with Gasteiger partial charge in [-0.1, -0.05) is 0 Å². The summed E-state index contributed by atoms with van der Waals surface area (Å²) in [6.45, 7) is 2.49. The van der Waals surface area contributed by atoms with Crippen LogP contribution in [0, 0.1) is 0 Å². The molecule has 118 valence electrons. The summed E-state index contributed by atoms with van der Waals surface area (Å²) in [6.07, 6.45) is 3.21. The van der Waals surface area contributed by atoms with Crippen LogP contribution >= 0.6 is 0 Å². The Morgan fingerprint density at radius 3 is 2.67 bits per heavy atom. The van der Waals surface area contributed by atoms with E-state index in [2.05, 4.69) is 10.3 Å². The zero-order chi connectivity index (χ0) is 15.1. The van der Waals surface area contributed by atoms with Crippen molar-refractivity contribution in [2.24, 2.45) is 0 Å². The number of sulfonamides is 1. The number of rotatable bonds is 8. The third-order valence-electron chi connectivity index (χ3n) is 3.23. The molecule has 1 saturated heterocycles. The first-order valence-electron chi connectivity index (χ1n) is 7.03. The molecule has 1 aliphatic heterocycles. The molecule has 2 heterocycles. The van der Waals surface area contributed by atoms with Crippen LogP contribution in [0.15, 0.2) is 23.2 Å². The van der Waals surface area contributed by atoms with Gasteiger partial charge in [-0.05, 0) is 25.0 Å². The van der Waals surface area contributed by atoms with E-state index in [4.69, 9.17) is 9.84 Å². The van der Waals surface area contributed by atoms with Crippen LogP contribution in [0.5, 0.6) is 0 Å². The average molecular weight is 315 g/mol. The summed E-state index contributed by atoms with van der Waals surface area (Å²) in [4.78, 5) is 4.34. The molecule has 1 aromatic rings. The molecule has 1 fully saturated rings. The first-order chi connectivity index (χ1) is 10.1. The van der Waals surface area contributed by atoms with Crippen molar-refractivity contribution < 1.29 is 18.3 Å². The maximum Gasteiger partial charge on any atom is 0.244 e. The normalized spacial score (nSPS) is 16.2. The quantitative estimate of drug-likeness (QED) is 0.670. The number of aromatic nitrogens is 1. The molecule has 1 aromatic heterocycles. The fourth-order valence-electron chi connectivity index (χ4n) is 2.13. The number of hydrogen-bond acceptors (Lipinski definition) is 6. The molecule has 0 aromatic carbocycles. The fraction of sp³-hybridized carbons (Fsp3) is 0.615. The van der Waals surface area contributed by atoms with Gasteiger partial charge < -0.3 is 15.2 Å². The predicted molar refractivity (Wildman–Crippen MR) is 78.6 cm³/mol. The third-order valence-corrected chi connectivity index (χ3v) is 5.11. The number of ether oxygens (including phenoxy) is 1. The molecule has 0 bridgehead atoms. The molecular formula is C13H21N3O4S. The zero-order valence-corrected chi connectivity index (χ0v) is 12.7. The number of anilines is 1. The Labute approximate surface area is 125 Å². The second kappa shape index (κ2) is 7.69. The predicted octanol–water partition coefficient (Wildman–Crippen LogP) is 0.287. The lowest BCUT2D eigenvalue weighted by Gasteiger charge is -2.15. The first kappa shape index (κ1) is 16.2. The topological polar surface area (TPSA) is 91.8 Å².